The number of nitrogens with zero attached hydrogens (tertiary/aromatic N) is 1. The average Bonchev–Trinajstić information content (AvgIpc) is 2.47. The summed E-state index contributed by atoms with van der Waals surface area (Å²) in [6.45, 7) is 2.94. The topological polar surface area (TPSA) is 57.4 Å². The van der Waals surface area contributed by atoms with Crippen LogP contribution in [0.1, 0.15) is 18.2 Å². The van der Waals surface area contributed by atoms with Crippen LogP contribution in [0.15, 0.2) is 42.6 Å². The van der Waals surface area contributed by atoms with E-state index >= 15 is 0 Å². The van der Waals surface area contributed by atoms with Gasteiger partial charge in [-0.3, -0.25) is 4.98 Å². The van der Waals surface area contributed by atoms with Crippen LogP contribution in [-0.2, 0) is 6.61 Å². The van der Waals surface area contributed by atoms with E-state index < -0.39 is 0 Å². The summed E-state index contributed by atoms with van der Waals surface area (Å²) in [6, 6.07) is 11.3. The molecule has 0 aliphatic rings. The van der Waals surface area contributed by atoms with Crippen LogP contribution in [0, 0.1) is 0 Å². The number of hydrogen-bond acceptors (Lipinski definition) is 4. The zero-order chi connectivity index (χ0) is 14.4. The predicted octanol–water partition coefficient (Wildman–Crippen LogP) is 2.69. The lowest BCUT2D eigenvalue weighted by Gasteiger charge is -2.11. The van der Waals surface area contributed by atoms with Gasteiger partial charge in [0.25, 0.3) is 0 Å². The largest absolute Gasteiger partial charge is 0.490 e. The van der Waals surface area contributed by atoms with E-state index in [1.807, 2.05) is 43.3 Å². The van der Waals surface area contributed by atoms with Crippen LogP contribution in [0.4, 0.5) is 0 Å². The van der Waals surface area contributed by atoms with E-state index in [4.69, 9.17) is 27.4 Å². The van der Waals surface area contributed by atoms with Crippen LogP contribution in [0.3, 0.4) is 0 Å². The lowest BCUT2D eigenvalue weighted by molar-refractivity contribution is 0.269. The first kappa shape index (κ1) is 14.3. The van der Waals surface area contributed by atoms with E-state index in [0.29, 0.717) is 24.7 Å². The fourth-order valence-corrected chi connectivity index (χ4v) is 1.82. The van der Waals surface area contributed by atoms with Gasteiger partial charge in [-0.2, -0.15) is 0 Å². The van der Waals surface area contributed by atoms with Gasteiger partial charge in [-0.15, -0.1) is 0 Å². The molecule has 1 heterocycles. The van der Waals surface area contributed by atoms with Gasteiger partial charge in [0.2, 0.25) is 0 Å². The van der Waals surface area contributed by atoms with Gasteiger partial charge >= 0.3 is 0 Å². The monoisotopic (exact) mass is 288 g/mol. The summed E-state index contributed by atoms with van der Waals surface area (Å²) in [5.41, 5.74) is 7.11. The molecule has 0 saturated heterocycles. The maximum Gasteiger partial charge on any atom is 0.161 e. The quantitative estimate of drug-likeness (QED) is 0.828. The smallest absolute Gasteiger partial charge is 0.161 e. The first-order valence-electron chi connectivity index (χ1n) is 6.30. The number of thiocarbonyl (C=S) groups is 1. The zero-order valence-corrected chi connectivity index (χ0v) is 12.0. The van der Waals surface area contributed by atoms with Crippen molar-refractivity contribution < 1.29 is 9.47 Å². The highest BCUT2D eigenvalue weighted by atomic mass is 32.1. The minimum absolute atomic E-state index is 0.279. The molecule has 104 valence electrons. The second kappa shape index (κ2) is 6.86. The summed E-state index contributed by atoms with van der Waals surface area (Å²) in [5.74, 6) is 1.45. The molecule has 0 fully saturated rings. The number of nitrogens with two attached hydrogens (primary N) is 1. The highest BCUT2D eigenvalue weighted by molar-refractivity contribution is 7.80. The molecule has 2 rings (SSSR count). The van der Waals surface area contributed by atoms with Gasteiger partial charge in [0, 0.05) is 6.20 Å². The third kappa shape index (κ3) is 3.68. The molecule has 2 aromatic rings. The summed E-state index contributed by atoms with van der Waals surface area (Å²) < 4.78 is 11.3. The highest BCUT2D eigenvalue weighted by Gasteiger charge is 2.05. The lowest BCUT2D eigenvalue weighted by atomic mass is 10.2. The second-order valence-corrected chi connectivity index (χ2v) is 4.52. The van der Waals surface area contributed by atoms with E-state index in [2.05, 4.69) is 4.98 Å². The third-order valence-corrected chi connectivity index (χ3v) is 2.83. The van der Waals surface area contributed by atoms with Crippen LogP contribution in [0.5, 0.6) is 11.5 Å². The van der Waals surface area contributed by atoms with Gasteiger partial charge < -0.3 is 15.2 Å². The van der Waals surface area contributed by atoms with E-state index in [0.717, 1.165) is 11.3 Å². The standard InChI is InChI=1S/C15H16N2O2S/c1-2-18-13-5-3-4-6-14(13)19-10-11-7-8-17-12(9-11)15(16)20/h3-9H,2,10H2,1H3,(H2,16,20). The van der Waals surface area contributed by atoms with Crippen molar-refractivity contribution >= 4 is 17.2 Å². The molecule has 0 aliphatic carbocycles. The summed E-state index contributed by atoms with van der Waals surface area (Å²) in [6.07, 6.45) is 1.67. The molecule has 5 heteroatoms. The van der Waals surface area contributed by atoms with Crippen LogP contribution in [0.25, 0.3) is 0 Å². The Labute approximate surface area is 123 Å². The van der Waals surface area contributed by atoms with Crippen LogP contribution in [-0.4, -0.2) is 16.6 Å². The summed E-state index contributed by atoms with van der Waals surface area (Å²) >= 11 is 4.91. The normalized spacial score (nSPS) is 10.1. The van der Waals surface area contributed by atoms with Crippen molar-refractivity contribution in [3.63, 3.8) is 0 Å². The van der Waals surface area contributed by atoms with Crippen molar-refractivity contribution in [2.24, 2.45) is 5.73 Å². The van der Waals surface area contributed by atoms with Crippen molar-refractivity contribution in [3.05, 3.63) is 53.9 Å². The molecule has 0 amide bonds. The second-order valence-electron chi connectivity index (χ2n) is 4.08. The Kier molecular flexibility index (Phi) is 4.90. The van der Waals surface area contributed by atoms with Crippen molar-refractivity contribution in [1.82, 2.24) is 4.98 Å². The molecule has 1 aromatic carbocycles. The Balaban J connectivity index is 2.09. The molecular formula is C15H16N2O2S. The minimum Gasteiger partial charge on any atom is -0.490 e. The fourth-order valence-electron chi connectivity index (χ4n) is 1.70. The van der Waals surface area contributed by atoms with Gasteiger partial charge in [-0.25, -0.2) is 0 Å². The first-order valence-corrected chi connectivity index (χ1v) is 6.71. The molecule has 20 heavy (non-hydrogen) atoms. The summed E-state index contributed by atoms with van der Waals surface area (Å²) in [7, 11) is 0. The van der Waals surface area contributed by atoms with E-state index in [-0.39, 0.29) is 4.99 Å². The number of benzene rings is 1. The SMILES string of the molecule is CCOc1ccccc1OCc1ccnc(C(N)=S)c1. The Morgan fingerprint density at radius 1 is 1.20 bits per heavy atom. The maximum atomic E-state index is 5.77. The number of para-hydroxylation sites is 2. The van der Waals surface area contributed by atoms with Crippen LogP contribution >= 0.6 is 12.2 Å². The van der Waals surface area contributed by atoms with E-state index in [9.17, 15) is 0 Å². The minimum atomic E-state index is 0.279. The Morgan fingerprint density at radius 2 is 1.90 bits per heavy atom. The van der Waals surface area contributed by atoms with Crippen LogP contribution in [0.2, 0.25) is 0 Å². The molecule has 1 aromatic heterocycles. The molecule has 0 radical (unpaired) electrons. The van der Waals surface area contributed by atoms with Crippen molar-refractivity contribution in [1.29, 1.82) is 0 Å². The molecule has 0 atom stereocenters. The highest BCUT2D eigenvalue weighted by Crippen LogP contribution is 2.27. The van der Waals surface area contributed by atoms with Crippen molar-refractivity contribution in [3.8, 4) is 11.5 Å². The van der Waals surface area contributed by atoms with Crippen molar-refractivity contribution in [2.45, 2.75) is 13.5 Å². The van der Waals surface area contributed by atoms with Gasteiger partial charge in [0.1, 0.15) is 11.6 Å². The van der Waals surface area contributed by atoms with E-state index in [1.165, 1.54) is 0 Å². The lowest BCUT2D eigenvalue weighted by Crippen LogP contribution is -2.12. The van der Waals surface area contributed by atoms with Gasteiger partial charge in [0.05, 0.1) is 12.3 Å². The molecule has 0 spiro atoms. The summed E-state index contributed by atoms with van der Waals surface area (Å²) in [5, 5.41) is 0. The number of hydrogen-bond donors (Lipinski definition) is 1. The van der Waals surface area contributed by atoms with Gasteiger partial charge in [0.15, 0.2) is 11.5 Å². The number of aromatic nitrogens is 1. The molecule has 2 N–H and O–H groups in total. The molecule has 0 bridgehead atoms. The Bertz CT molecular complexity index is 602. The van der Waals surface area contributed by atoms with Gasteiger partial charge in [-0.1, -0.05) is 24.4 Å². The Hall–Kier alpha value is -2.14. The average molecular weight is 288 g/mol. The number of ether oxygens (including phenoxy) is 2. The number of rotatable bonds is 6. The summed E-state index contributed by atoms with van der Waals surface area (Å²) in [4.78, 5) is 4.37. The Morgan fingerprint density at radius 3 is 2.55 bits per heavy atom. The molecule has 0 aliphatic heterocycles. The number of pyridine rings is 1. The molecule has 4 nitrogen and oxygen atoms in total. The first-order chi connectivity index (χ1) is 9.70. The molecular weight excluding hydrogens is 272 g/mol. The maximum absolute atomic E-state index is 5.77. The third-order valence-electron chi connectivity index (χ3n) is 2.62. The predicted molar refractivity (Wildman–Crippen MR) is 82.1 cm³/mol. The molecule has 0 unspecified atom stereocenters. The van der Waals surface area contributed by atoms with E-state index in [1.54, 1.807) is 6.20 Å². The van der Waals surface area contributed by atoms with Crippen molar-refractivity contribution in [2.75, 3.05) is 6.61 Å². The fraction of sp³-hybridized carbons (Fsp3) is 0.200. The molecule has 0 saturated carbocycles. The van der Waals surface area contributed by atoms with Gasteiger partial charge in [-0.05, 0) is 36.8 Å². The zero-order valence-electron chi connectivity index (χ0n) is 11.2. The van der Waals surface area contributed by atoms with Crippen LogP contribution < -0.4 is 15.2 Å².